The van der Waals surface area contributed by atoms with Gasteiger partial charge in [0.25, 0.3) is 0 Å². The van der Waals surface area contributed by atoms with Crippen LogP contribution in [-0.2, 0) is 0 Å². The Morgan fingerprint density at radius 2 is 1.18 bits per heavy atom. The second kappa shape index (κ2) is 15.7. The third kappa shape index (κ3) is 8.23. The monoisotopic (exact) mass is 462 g/mol. The van der Waals surface area contributed by atoms with Crippen LogP contribution in [0.4, 0.5) is 0 Å². The van der Waals surface area contributed by atoms with E-state index < -0.39 is 0 Å². The molecule has 4 rings (SSSR count). The Bertz CT molecular complexity index is 873. The highest BCUT2D eigenvalue weighted by Crippen LogP contribution is 2.47. The summed E-state index contributed by atoms with van der Waals surface area (Å²) in [5.41, 5.74) is 5.28. The van der Waals surface area contributed by atoms with Crippen LogP contribution < -0.4 is 0 Å². The molecule has 34 heavy (non-hydrogen) atoms. The molecule has 188 valence electrons. The molecular formula is C33H50O. The molecule has 2 aromatic carbocycles. The lowest BCUT2D eigenvalue weighted by molar-refractivity contribution is 0.124. The average Bonchev–Trinajstić information content (AvgIpc) is 2.89. The van der Waals surface area contributed by atoms with E-state index in [0.29, 0.717) is 5.75 Å². The summed E-state index contributed by atoms with van der Waals surface area (Å²) in [6.45, 7) is 18.3. The second-order valence-corrected chi connectivity index (χ2v) is 9.28. The Kier molecular flexibility index (Phi) is 13.7. The lowest BCUT2D eigenvalue weighted by Gasteiger charge is -2.41. The minimum absolute atomic E-state index is 0.372. The van der Waals surface area contributed by atoms with E-state index in [1.807, 2.05) is 67.5 Å². The molecule has 2 fully saturated rings. The molecule has 0 spiro atoms. The number of phenols is 1. The SMILES string of the molecule is CC.CC.CC.Cc1cc(C#Cc2ccc(C3CCC4CC(C)CCC4C3)cc2)cc(C)c1O. The number of aryl methyl sites for hydroxylation is 2. The first-order valence-electron chi connectivity index (χ1n) is 13.9. The molecule has 1 heteroatoms. The predicted octanol–water partition coefficient (Wildman–Crippen LogP) is 9.81. The van der Waals surface area contributed by atoms with Crippen LogP contribution in [0.1, 0.15) is 121 Å². The van der Waals surface area contributed by atoms with Crippen LogP contribution in [0.5, 0.6) is 5.75 Å². The minimum Gasteiger partial charge on any atom is -0.507 e. The molecule has 1 N–H and O–H groups in total. The zero-order valence-corrected chi connectivity index (χ0v) is 23.5. The largest absolute Gasteiger partial charge is 0.507 e. The quantitative estimate of drug-likeness (QED) is 0.418. The summed E-state index contributed by atoms with van der Waals surface area (Å²) in [5.74, 6) is 10.5. The van der Waals surface area contributed by atoms with Crippen LogP contribution in [0, 0.1) is 43.4 Å². The molecule has 2 aliphatic carbocycles. The number of rotatable bonds is 1. The van der Waals surface area contributed by atoms with E-state index >= 15 is 0 Å². The number of hydrogen-bond acceptors (Lipinski definition) is 1. The number of fused-ring (bicyclic) bond motifs is 1. The van der Waals surface area contributed by atoms with Crippen molar-refractivity contribution in [2.75, 3.05) is 0 Å². The molecule has 2 saturated carbocycles. The minimum atomic E-state index is 0.372. The average molecular weight is 463 g/mol. The van der Waals surface area contributed by atoms with Gasteiger partial charge < -0.3 is 5.11 Å². The summed E-state index contributed by atoms with van der Waals surface area (Å²) in [4.78, 5) is 0. The van der Waals surface area contributed by atoms with Gasteiger partial charge in [-0.05, 0) is 111 Å². The van der Waals surface area contributed by atoms with E-state index in [4.69, 9.17) is 0 Å². The maximum atomic E-state index is 9.91. The van der Waals surface area contributed by atoms with Crippen LogP contribution in [0.25, 0.3) is 0 Å². The standard InChI is InChI=1S/C27H32O.3C2H6/c1-18-4-9-26-17-25(13-12-24(26)14-18)23-10-7-21(8-11-23)5-6-22-15-19(2)27(28)20(3)16-22;3*1-2/h7-8,10-11,15-16,18,24-26,28H,4,9,12-14,17H2,1-3H3;3*1-2H3. The summed E-state index contributed by atoms with van der Waals surface area (Å²) >= 11 is 0. The summed E-state index contributed by atoms with van der Waals surface area (Å²) in [5, 5.41) is 9.91. The van der Waals surface area contributed by atoms with Gasteiger partial charge in [0, 0.05) is 11.1 Å². The van der Waals surface area contributed by atoms with Crippen molar-refractivity contribution in [1.82, 2.24) is 0 Å². The Morgan fingerprint density at radius 3 is 1.76 bits per heavy atom. The molecule has 0 aliphatic heterocycles. The van der Waals surface area contributed by atoms with Crippen molar-refractivity contribution in [3.8, 4) is 17.6 Å². The highest BCUT2D eigenvalue weighted by molar-refractivity contribution is 5.50. The fraction of sp³-hybridized carbons (Fsp3) is 0.576. The van der Waals surface area contributed by atoms with Gasteiger partial charge in [0.05, 0.1) is 0 Å². The second-order valence-electron chi connectivity index (χ2n) is 9.28. The molecule has 0 radical (unpaired) electrons. The lowest BCUT2D eigenvalue weighted by Crippen LogP contribution is -2.29. The van der Waals surface area contributed by atoms with Crippen molar-refractivity contribution in [1.29, 1.82) is 0 Å². The highest BCUT2D eigenvalue weighted by atomic mass is 16.3. The van der Waals surface area contributed by atoms with Crippen LogP contribution in [0.3, 0.4) is 0 Å². The predicted molar refractivity (Wildman–Crippen MR) is 151 cm³/mol. The van der Waals surface area contributed by atoms with E-state index in [0.717, 1.165) is 45.9 Å². The summed E-state index contributed by atoms with van der Waals surface area (Å²) in [7, 11) is 0. The molecule has 0 amide bonds. The normalized spacial score (nSPS) is 22.6. The topological polar surface area (TPSA) is 20.2 Å². The van der Waals surface area contributed by atoms with E-state index in [2.05, 4.69) is 43.0 Å². The van der Waals surface area contributed by atoms with E-state index in [-0.39, 0.29) is 0 Å². The Hall–Kier alpha value is -2.20. The van der Waals surface area contributed by atoms with Gasteiger partial charge in [0.2, 0.25) is 0 Å². The van der Waals surface area contributed by atoms with Crippen molar-refractivity contribution in [2.45, 2.75) is 107 Å². The molecule has 2 aliphatic rings. The van der Waals surface area contributed by atoms with Gasteiger partial charge in [-0.3, -0.25) is 0 Å². The highest BCUT2D eigenvalue weighted by Gasteiger charge is 2.34. The van der Waals surface area contributed by atoms with Crippen molar-refractivity contribution >= 4 is 0 Å². The molecule has 1 nitrogen and oxygen atoms in total. The summed E-state index contributed by atoms with van der Waals surface area (Å²) in [6.07, 6.45) is 8.48. The third-order valence-electron chi connectivity index (χ3n) is 7.10. The first-order valence-corrected chi connectivity index (χ1v) is 13.9. The maximum Gasteiger partial charge on any atom is 0.121 e. The van der Waals surface area contributed by atoms with Gasteiger partial charge in [-0.25, -0.2) is 0 Å². The number of benzene rings is 2. The van der Waals surface area contributed by atoms with Gasteiger partial charge in [-0.15, -0.1) is 0 Å². The van der Waals surface area contributed by atoms with Gasteiger partial charge in [0.1, 0.15) is 5.75 Å². The zero-order chi connectivity index (χ0) is 25.7. The summed E-state index contributed by atoms with van der Waals surface area (Å²) in [6, 6.07) is 12.9. The third-order valence-corrected chi connectivity index (χ3v) is 7.10. The van der Waals surface area contributed by atoms with Crippen molar-refractivity contribution < 1.29 is 5.11 Å². The number of phenolic OH excluding ortho intramolecular Hbond substituents is 1. The molecule has 4 unspecified atom stereocenters. The van der Waals surface area contributed by atoms with Gasteiger partial charge in [-0.2, -0.15) is 0 Å². The number of hydrogen-bond donors (Lipinski definition) is 1. The molecule has 2 aromatic rings. The van der Waals surface area contributed by atoms with Gasteiger partial charge in [-0.1, -0.05) is 78.9 Å². The molecule has 0 aromatic heterocycles. The first kappa shape index (κ1) is 29.8. The summed E-state index contributed by atoms with van der Waals surface area (Å²) < 4.78 is 0. The zero-order valence-electron chi connectivity index (χ0n) is 23.5. The molecule has 0 heterocycles. The van der Waals surface area contributed by atoms with Crippen molar-refractivity contribution in [2.24, 2.45) is 17.8 Å². The maximum absolute atomic E-state index is 9.91. The molecule has 4 atom stereocenters. The first-order chi connectivity index (χ1) is 16.5. The molecule has 0 bridgehead atoms. The van der Waals surface area contributed by atoms with Crippen molar-refractivity contribution in [3.05, 3.63) is 64.2 Å². The van der Waals surface area contributed by atoms with Crippen molar-refractivity contribution in [3.63, 3.8) is 0 Å². The molecule has 0 saturated heterocycles. The van der Waals surface area contributed by atoms with Crippen LogP contribution in [0.15, 0.2) is 36.4 Å². The van der Waals surface area contributed by atoms with Crippen LogP contribution >= 0.6 is 0 Å². The Balaban J connectivity index is 0.000000894. The van der Waals surface area contributed by atoms with E-state index in [1.54, 1.807) is 0 Å². The number of aromatic hydroxyl groups is 1. The fourth-order valence-electron chi connectivity index (χ4n) is 5.44. The Morgan fingerprint density at radius 1 is 0.676 bits per heavy atom. The molecular weight excluding hydrogens is 412 g/mol. The Labute approximate surface area is 211 Å². The van der Waals surface area contributed by atoms with E-state index in [9.17, 15) is 5.11 Å². The van der Waals surface area contributed by atoms with Crippen LogP contribution in [0.2, 0.25) is 0 Å². The fourth-order valence-corrected chi connectivity index (χ4v) is 5.44. The van der Waals surface area contributed by atoms with Gasteiger partial charge in [0.15, 0.2) is 0 Å². The van der Waals surface area contributed by atoms with Gasteiger partial charge >= 0.3 is 0 Å². The van der Waals surface area contributed by atoms with E-state index in [1.165, 1.54) is 44.1 Å². The van der Waals surface area contributed by atoms with Crippen LogP contribution in [-0.4, -0.2) is 5.11 Å². The lowest BCUT2D eigenvalue weighted by atomic mass is 9.64. The smallest absolute Gasteiger partial charge is 0.121 e.